The molecule has 0 aliphatic heterocycles. The number of thioether (sulfide) groups is 1. The Labute approximate surface area is 129 Å². The van der Waals surface area contributed by atoms with Crippen LogP contribution < -0.4 is 0 Å². The van der Waals surface area contributed by atoms with Gasteiger partial charge in [0.05, 0.1) is 10.6 Å². The van der Waals surface area contributed by atoms with Crippen LogP contribution in [0.4, 0.5) is 0 Å². The van der Waals surface area contributed by atoms with Crippen LogP contribution in [0.5, 0.6) is 0 Å². The largest absolute Gasteiger partial charge is 0.410 e. The second-order valence-electron chi connectivity index (χ2n) is 4.31. The van der Waals surface area contributed by atoms with Crippen molar-refractivity contribution in [1.29, 1.82) is 0 Å². The van der Waals surface area contributed by atoms with Gasteiger partial charge in [0, 0.05) is 6.54 Å². The number of aryl methyl sites for hydroxylation is 1. The van der Waals surface area contributed by atoms with Gasteiger partial charge < -0.3 is 4.42 Å². The number of rotatable bonds is 7. The lowest BCUT2D eigenvalue weighted by Crippen LogP contribution is -2.04. The zero-order valence-electron chi connectivity index (χ0n) is 11.5. The van der Waals surface area contributed by atoms with Crippen LogP contribution in [0.25, 0.3) is 10.8 Å². The second kappa shape index (κ2) is 6.81. The highest BCUT2D eigenvalue weighted by Crippen LogP contribution is 2.27. The van der Waals surface area contributed by atoms with E-state index in [-0.39, 0.29) is 0 Å². The number of hydrogen-bond donors (Lipinski definition) is 0. The van der Waals surface area contributed by atoms with Gasteiger partial charge in [0.2, 0.25) is 0 Å². The van der Waals surface area contributed by atoms with Crippen LogP contribution >= 0.6 is 23.1 Å². The van der Waals surface area contributed by atoms with Crippen molar-refractivity contribution in [1.82, 2.24) is 30.4 Å². The molecular formula is C12H14N6OS2. The molecule has 0 aromatic carbocycles. The minimum atomic E-state index is 0.531. The van der Waals surface area contributed by atoms with Gasteiger partial charge in [-0.15, -0.1) is 26.6 Å². The van der Waals surface area contributed by atoms with E-state index in [1.54, 1.807) is 11.3 Å². The Kier molecular flexibility index (Phi) is 4.61. The number of nitrogens with zero attached hydrogens (tertiary/aromatic N) is 6. The minimum absolute atomic E-state index is 0.531. The first-order valence-corrected chi connectivity index (χ1v) is 8.48. The van der Waals surface area contributed by atoms with E-state index in [0.29, 0.717) is 16.9 Å². The monoisotopic (exact) mass is 322 g/mol. The van der Waals surface area contributed by atoms with Gasteiger partial charge in [0.15, 0.2) is 5.82 Å². The van der Waals surface area contributed by atoms with Crippen molar-refractivity contribution < 1.29 is 4.42 Å². The van der Waals surface area contributed by atoms with Gasteiger partial charge >= 0.3 is 0 Å². The Hall–Kier alpha value is -1.74. The van der Waals surface area contributed by atoms with Crippen LogP contribution in [0.1, 0.15) is 25.6 Å². The van der Waals surface area contributed by atoms with Crippen LogP contribution in [0.2, 0.25) is 0 Å². The molecule has 0 spiro atoms. The zero-order valence-corrected chi connectivity index (χ0v) is 13.1. The summed E-state index contributed by atoms with van der Waals surface area (Å²) in [5.74, 6) is 1.99. The van der Waals surface area contributed by atoms with Crippen molar-refractivity contribution in [2.75, 3.05) is 0 Å². The number of hydrogen-bond acceptors (Lipinski definition) is 8. The first kappa shape index (κ1) is 14.2. The third-order valence-corrected chi connectivity index (χ3v) is 4.47. The topological polar surface area (TPSA) is 82.5 Å². The molecule has 0 aliphatic rings. The van der Waals surface area contributed by atoms with Crippen LogP contribution in [0.15, 0.2) is 27.2 Å². The molecule has 3 heterocycles. The normalized spacial score (nSPS) is 11.1. The maximum atomic E-state index is 5.62. The summed E-state index contributed by atoms with van der Waals surface area (Å²) in [6, 6.07) is 3.91. The molecule has 9 heteroatoms. The van der Waals surface area contributed by atoms with E-state index >= 15 is 0 Å². The third kappa shape index (κ3) is 3.48. The van der Waals surface area contributed by atoms with E-state index in [9.17, 15) is 0 Å². The minimum Gasteiger partial charge on any atom is -0.410 e. The Morgan fingerprint density at radius 3 is 3.10 bits per heavy atom. The highest BCUT2D eigenvalue weighted by atomic mass is 32.2. The van der Waals surface area contributed by atoms with Crippen molar-refractivity contribution in [3.63, 3.8) is 0 Å². The van der Waals surface area contributed by atoms with Crippen LogP contribution in [-0.4, -0.2) is 30.4 Å². The fourth-order valence-electron chi connectivity index (χ4n) is 1.70. The number of tetrazole rings is 1. The van der Waals surface area contributed by atoms with Crippen LogP contribution in [0, 0.1) is 0 Å². The Morgan fingerprint density at radius 2 is 2.29 bits per heavy atom. The maximum Gasteiger partial charge on any atom is 0.277 e. The number of unbranched alkanes of at least 4 members (excludes halogenated alkanes) is 1. The summed E-state index contributed by atoms with van der Waals surface area (Å²) in [5, 5.41) is 22.3. The molecule has 0 bridgehead atoms. The van der Waals surface area contributed by atoms with Crippen molar-refractivity contribution in [3.05, 3.63) is 23.3 Å². The lowest BCUT2D eigenvalue weighted by Gasteiger charge is -2.01. The molecule has 110 valence electrons. The van der Waals surface area contributed by atoms with Crippen molar-refractivity contribution >= 4 is 23.1 Å². The molecule has 3 rings (SSSR count). The molecule has 3 aromatic rings. The highest BCUT2D eigenvalue weighted by Gasteiger charge is 2.12. The third-order valence-electron chi connectivity index (χ3n) is 2.79. The summed E-state index contributed by atoms with van der Waals surface area (Å²) < 4.78 is 7.45. The molecular weight excluding hydrogens is 308 g/mol. The summed E-state index contributed by atoms with van der Waals surface area (Å²) >= 11 is 3.02. The van der Waals surface area contributed by atoms with E-state index < -0.39 is 0 Å². The lowest BCUT2D eigenvalue weighted by molar-refractivity contribution is 0.466. The molecule has 0 atom stereocenters. The summed E-state index contributed by atoms with van der Waals surface area (Å²) in [6.45, 7) is 2.98. The average Bonchev–Trinajstić information content (AvgIpc) is 3.22. The predicted molar refractivity (Wildman–Crippen MR) is 79.9 cm³/mol. The molecule has 0 radical (unpaired) electrons. The van der Waals surface area contributed by atoms with Crippen molar-refractivity contribution in [2.45, 2.75) is 37.3 Å². The quantitative estimate of drug-likeness (QED) is 0.618. The van der Waals surface area contributed by atoms with Crippen molar-refractivity contribution in [2.24, 2.45) is 0 Å². The predicted octanol–water partition coefficient (Wildman–Crippen LogP) is 2.88. The maximum absolute atomic E-state index is 5.62. The van der Waals surface area contributed by atoms with E-state index in [0.717, 1.165) is 30.1 Å². The number of aromatic nitrogens is 6. The van der Waals surface area contributed by atoms with E-state index in [1.807, 2.05) is 22.2 Å². The molecule has 0 N–H and O–H groups in total. The Morgan fingerprint density at radius 1 is 1.33 bits per heavy atom. The van der Waals surface area contributed by atoms with Gasteiger partial charge in [-0.2, -0.15) is 0 Å². The summed E-state index contributed by atoms with van der Waals surface area (Å²) in [7, 11) is 0. The molecule has 0 saturated carbocycles. The van der Waals surface area contributed by atoms with Crippen molar-refractivity contribution in [3.8, 4) is 10.8 Å². The van der Waals surface area contributed by atoms with Crippen LogP contribution in [0.3, 0.4) is 0 Å². The molecule has 0 aliphatic carbocycles. The van der Waals surface area contributed by atoms with Gasteiger partial charge in [-0.25, -0.2) is 4.68 Å². The molecule has 3 aromatic heterocycles. The Bertz CT molecular complexity index is 678. The molecule has 21 heavy (non-hydrogen) atoms. The SMILES string of the molecule is CCCCn1nnnc1CSc1nnc(-c2cccs2)o1. The highest BCUT2D eigenvalue weighted by molar-refractivity contribution is 7.98. The lowest BCUT2D eigenvalue weighted by atomic mass is 10.3. The van der Waals surface area contributed by atoms with Gasteiger partial charge in [-0.3, -0.25) is 0 Å². The fourth-order valence-corrected chi connectivity index (χ4v) is 3.04. The summed E-state index contributed by atoms with van der Waals surface area (Å²) in [5.41, 5.74) is 0. The van der Waals surface area contributed by atoms with E-state index in [4.69, 9.17) is 4.42 Å². The first-order chi connectivity index (χ1) is 10.4. The first-order valence-electron chi connectivity index (χ1n) is 6.62. The molecule has 0 unspecified atom stereocenters. The van der Waals surface area contributed by atoms with E-state index in [1.165, 1.54) is 11.8 Å². The van der Waals surface area contributed by atoms with Gasteiger partial charge in [0.25, 0.3) is 11.1 Å². The smallest absolute Gasteiger partial charge is 0.277 e. The zero-order chi connectivity index (χ0) is 14.5. The van der Waals surface area contributed by atoms with E-state index in [2.05, 4.69) is 32.6 Å². The second-order valence-corrected chi connectivity index (χ2v) is 6.19. The standard InChI is InChI=1S/C12H14N6OS2/c1-2-3-6-18-10(13-16-17-18)8-21-12-15-14-11(19-12)9-5-4-7-20-9/h4-5,7H,2-3,6,8H2,1H3. The summed E-state index contributed by atoms with van der Waals surface area (Å²) in [4.78, 5) is 0.974. The summed E-state index contributed by atoms with van der Waals surface area (Å²) in [6.07, 6.45) is 2.17. The fraction of sp³-hybridized carbons (Fsp3) is 0.417. The van der Waals surface area contributed by atoms with Gasteiger partial charge in [-0.05, 0) is 28.3 Å². The van der Waals surface area contributed by atoms with Gasteiger partial charge in [-0.1, -0.05) is 31.2 Å². The van der Waals surface area contributed by atoms with Gasteiger partial charge in [0.1, 0.15) is 0 Å². The number of thiophene rings is 1. The molecule has 0 amide bonds. The molecule has 7 nitrogen and oxygen atoms in total. The molecule has 0 saturated heterocycles. The Balaban J connectivity index is 1.62. The van der Waals surface area contributed by atoms with Crippen LogP contribution in [-0.2, 0) is 12.3 Å². The average molecular weight is 322 g/mol. The molecule has 0 fully saturated rings.